The maximum Gasteiger partial charge on any atom is 0.310 e. The van der Waals surface area contributed by atoms with Gasteiger partial charge in [0, 0.05) is 12.8 Å². The number of hydrogen-bond acceptors (Lipinski definition) is 7. The van der Waals surface area contributed by atoms with E-state index < -0.39 is 15.6 Å². The van der Waals surface area contributed by atoms with Crippen LogP contribution in [0.15, 0.2) is 59.8 Å². The van der Waals surface area contributed by atoms with Crippen molar-refractivity contribution in [2.75, 3.05) is 0 Å². The molecule has 1 unspecified atom stereocenters. The van der Waals surface area contributed by atoms with E-state index in [0.29, 0.717) is 41.7 Å². The molecule has 0 fully saturated rings. The average molecular weight is 484 g/mol. The third-order valence-corrected chi connectivity index (χ3v) is 6.96. The number of benzene rings is 2. The maximum absolute atomic E-state index is 13.4. The number of ether oxygens (including phenoxy) is 1. The van der Waals surface area contributed by atoms with Crippen LogP contribution in [0.1, 0.15) is 51.4 Å². The molecule has 2 aromatic carbocycles. The fourth-order valence-corrected chi connectivity index (χ4v) is 5.59. The van der Waals surface area contributed by atoms with Gasteiger partial charge in [-0.3, -0.25) is 4.79 Å². The van der Waals surface area contributed by atoms with Gasteiger partial charge < -0.3 is 9.57 Å². The lowest BCUT2D eigenvalue weighted by atomic mass is 10.1. The molecule has 1 atom stereocenters. The fourth-order valence-electron chi connectivity index (χ4n) is 3.94. The van der Waals surface area contributed by atoms with Crippen molar-refractivity contribution in [2.45, 2.75) is 63.9 Å². The Balaban J connectivity index is 1.47. The molecule has 0 saturated heterocycles. The van der Waals surface area contributed by atoms with Gasteiger partial charge in [0.05, 0.1) is 28.9 Å². The molecular formula is C25H29N3O5S. The number of nitrogens with zero attached hydrogens (tertiary/aromatic N) is 3. The average Bonchev–Trinajstić information content (AvgIpc) is 3.35. The van der Waals surface area contributed by atoms with Gasteiger partial charge in [-0.2, -0.15) is 0 Å². The standard InChI is InChI=1S/C25H29N3O5S/c1-25(2,3)32-24(29)16-20-15-19(27-33-20)13-14-23-26-21-11-7-8-12-22(21)28(23)34(30,31)17-18-9-5-4-6-10-18/h4-12,20H,13-17H2,1-3H3. The molecule has 0 N–H and O–H groups in total. The van der Waals surface area contributed by atoms with Crippen LogP contribution in [0.2, 0.25) is 0 Å². The molecule has 3 aromatic rings. The second kappa shape index (κ2) is 9.58. The summed E-state index contributed by atoms with van der Waals surface area (Å²) in [7, 11) is -3.70. The van der Waals surface area contributed by atoms with Gasteiger partial charge in [-0.25, -0.2) is 17.4 Å². The highest BCUT2D eigenvalue weighted by Crippen LogP contribution is 2.24. The van der Waals surface area contributed by atoms with Crippen LogP contribution in [0, 0.1) is 0 Å². The first-order valence-corrected chi connectivity index (χ1v) is 12.9. The Morgan fingerprint density at radius 2 is 1.79 bits per heavy atom. The summed E-state index contributed by atoms with van der Waals surface area (Å²) in [5.41, 5.74) is 2.11. The number of fused-ring (bicyclic) bond motifs is 1. The van der Waals surface area contributed by atoms with Crippen molar-refractivity contribution < 1.29 is 22.8 Å². The lowest BCUT2D eigenvalue weighted by Crippen LogP contribution is -2.26. The van der Waals surface area contributed by atoms with Gasteiger partial charge in [-0.05, 0) is 44.9 Å². The van der Waals surface area contributed by atoms with Crippen molar-refractivity contribution in [2.24, 2.45) is 5.16 Å². The summed E-state index contributed by atoms with van der Waals surface area (Å²) >= 11 is 0. The first-order chi connectivity index (χ1) is 16.1. The number of para-hydroxylation sites is 2. The molecule has 4 rings (SSSR count). The summed E-state index contributed by atoms with van der Waals surface area (Å²) in [6.07, 6.45) is 1.11. The zero-order chi connectivity index (χ0) is 24.3. The van der Waals surface area contributed by atoms with Crippen molar-refractivity contribution >= 4 is 32.7 Å². The number of carbonyl (C=O) groups excluding carboxylic acids is 1. The molecule has 0 bridgehead atoms. The van der Waals surface area contributed by atoms with Gasteiger partial charge in [0.25, 0.3) is 0 Å². The number of esters is 1. The predicted molar refractivity (Wildman–Crippen MR) is 130 cm³/mol. The number of imidazole rings is 1. The van der Waals surface area contributed by atoms with Crippen LogP contribution >= 0.6 is 0 Å². The van der Waals surface area contributed by atoms with E-state index in [1.165, 1.54) is 3.97 Å². The number of aromatic nitrogens is 2. The second-order valence-corrected chi connectivity index (χ2v) is 11.2. The highest BCUT2D eigenvalue weighted by atomic mass is 32.2. The number of aryl methyl sites for hydroxylation is 1. The SMILES string of the molecule is CC(C)(C)OC(=O)CC1CC(CCc2nc3ccccc3n2S(=O)(=O)Cc2ccccc2)=NO1. The molecule has 0 aliphatic carbocycles. The second-order valence-electron chi connectivity index (χ2n) is 9.40. The fraction of sp³-hybridized carbons (Fsp3) is 0.400. The number of hydrogen-bond donors (Lipinski definition) is 0. The lowest BCUT2D eigenvalue weighted by Gasteiger charge is -2.20. The van der Waals surface area contributed by atoms with E-state index >= 15 is 0 Å². The summed E-state index contributed by atoms with van der Waals surface area (Å²) in [6.45, 7) is 5.46. The molecule has 0 amide bonds. The summed E-state index contributed by atoms with van der Waals surface area (Å²) in [5.74, 6) is 0.00150. The molecule has 0 saturated carbocycles. The molecule has 1 aliphatic rings. The van der Waals surface area contributed by atoms with Crippen molar-refractivity contribution in [1.29, 1.82) is 0 Å². The van der Waals surface area contributed by atoms with Crippen molar-refractivity contribution in [3.63, 3.8) is 0 Å². The van der Waals surface area contributed by atoms with Crippen LogP contribution in [0.25, 0.3) is 11.0 Å². The van der Waals surface area contributed by atoms with Gasteiger partial charge in [0.1, 0.15) is 17.5 Å². The minimum atomic E-state index is -3.70. The van der Waals surface area contributed by atoms with Crippen LogP contribution in [-0.4, -0.2) is 40.8 Å². The number of oxime groups is 1. The Morgan fingerprint density at radius 3 is 2.53 bits per heavy atom. The maximum atomic E-state index is 13.4. The van der Waals surface area contributed by atoms with E-state index in [2.05, 4.69) is 10.1 Å². The van der Waals surface area contributed by atoms with Crippen molar-refractivity contribution in [3.8, 4) is 0 Å². The van der Waals surface area contributed by atoms with Crippen molar-refractivity contribution in [1.82, 2.24) is 8.96 Å². The summed E-state index contributed by atoms with van der Waals surface area (Å²) in [5, 5.41) is 4.12. The van der Waals surface area contributed by atoms with E-state index in [1.54, 1.807) is 30.3 Å². The zero-order valence-corrected chi connectivity index (χ0v) is 20.4. The van der Waals surface area contributed by atoms with Crippen LogP contribution in [0.5, 0.6) is 0 Å². The van der Waals surface area contributed by atoms with Gasteiger partial charge in [-0.1, -0.05) is 47.6 Å². The monoisotopic (exact) mass is 483 g/mol. The van der Waals surface area contributed by atoms with Gasteiger partial charge in [0.15, 0.2) is 0 Å². The highest BCUT2D eigenvalue weighted by molar-refractivity contribution is 7.89. The molecule has 1 aliphatic heterocycles. The van der Waals surface area contributed by atoms with Crippen molar-refractivity contribution in [3.05, 3.63) is 66.0 Å². The lowest BCUT2D eigenvalue weighted by molar-refractivity contribution is -0.157. The molecule has 8 nitrogen and oxygen atoms in total. The van der Waals surface area contributed by atoms with E-state index in [4.69, 9.17) is 9.57 Å². The molecule has 1 aromatic heterocycles. The molecule has 2 heterocycles. The summed E-state index contributed by atoms with van der Waals surface area (Å²) in [6, 6.07) is 16.3. The topological polar surface area (TPSA) is 99.8 Å². The Bertz CT molecular complexity index is 1310. The van der Waals surface area contributed by atoms with E-state index in [9.17, 15) is 13.2 Å². The summed E-state index contributed by atoms with van der Waals surface area (Å²) in [4.78, 5) is 22.1. The largest absolute Gasteiger partial charge is 0.460 e. The summed E-state index contributed by atoms with van der Waals surface area (Å²) < 4.78 is 33.5. The first kappa shape index (κ1) is 23.9. The normalized spacial score (nSPS) is 16.3. The molecule has 34 heavy (non-hydrogen) atoms. The molecule has 9 heteroatoms. The van der Waals surface area contributed by atoms with E-state index in [-0.39, 0.29) is 24.2 Å². The minimum Gasteiger partial charge on any atom is -0.460 e. The smallest absolute Gasteiger partial charge is 0.310 e. The Labute approximate surface area is 199 Å². The number of rotatable bonds is 8. The molecule has 180 valence electrons. The third-order valence-electron chi connectivity index (χ3n) is 5.30. The van der Waals surface area contributed by atoms with Gasteiger partial charge in [0.2, 0.25) is 10.0 Å². The Morgan fingerprint density at radius 1 is 1.09 bits per heavy atom. The predicted octanol–water partition coefficient (Wildman–Crippen LogP) is 4.22. The van der Waals surface area contributed by atoms with Crippen LogP contribution in [-0.2, 0) is 36.6 Å². The Kier molecular flexibility index (Phi) is 6.74. The Hall–Kier alpha value is -3.20. The van der Waals surface area contributed by atoms with Crippen LogP contribution in [0.3, 0.4) is 0 Å². The van der Waals surface area contributed by atoms with Crippen LogP contribution < -0.4 is 0 Å². The van der Waals surface area contributed by atoms with Gasteiger partial charge >= 0.3 is 5.97 Å². The van der Waals surface area contributed by atoms with Crippen LogP contribution in [0.4, 0.5) is 0 Å². The van der Waals surface area contributed by atoms with E-state index in [1.807, 2.05) is 45.0 Å². The van der Waals surface area contributed by atoms with Gasteiger partial charge in [-0.15, -0.1) is 0 Å². The minimum absolute atomic E-state index is 0.119. The van der Waals surface area contributed by atoms with E-state index in [0.717, 1.165) is 5.71 Å². The highest BCUT2D eigenvalue weighted by Gasteiger charge is 2.28. The third kappa shape index (κ3) is 5.83. The first-order valence-electron chi connectivity index (χ1n) is 11.3. The zero-order valence-electron chi connectivity index (χ0n) is 19.6. The molecule has 0 radical (unpaired) electrons. The molecule has 0 spiro atoms. The molecular weight excluding hydrogens is 454 g/mol. The quantitative estimate of drug-likeness (QED) is 0.445. The number of carbonyl (C=O) groups is 1.